The summed E-state index contributed by atoms with van der Waals surface area (Å²) in [7, 11) is -2.49. The van der Waals surface area contributed by atoms with Gasteiger partial charge >= 0.3 is 5.97 Å². The van der Waals surface area contributed by atoms with Gasteiger partial charge in [-0.3, -0.25) is 4.79 Å². The highest BCUT2D eigenvalue weighted by Gasteiger charge is 2.45. The van der Waals surface area contributed by atoms with Crippen LogP contribution in [-0.2, 0) is 19.6 Å². The van der Waals surface area contributed by atoms with E-state index in [2.05, 4.69) is 0 Å². The van der Waals surface area contributed by atoms with E-state index in [1.165, 1.54) is 13.2 Å². The zero-order chi connectivity index (χ0) is 14.9. The lowest BCUT2D eigenvalue weighted by molar-refractivity contribution is -0.144. The zero-order valence-electron chi connectivity index (χ0n) is 11.3. The number of hydrogen-bond donors (Lipinski definition) is 1. The van der Waals surface area contributed by atoms with Gasteiger partial charge in [0.1, 0.15) is 10.6 Å². The molecular weight excluding hydrogens is 282 g/mol. The van der Waals surface area contributed by atoms with Crippen LogP contribution in [0.3, 0.4) is 0 Å². The van der Waals surface area contributed by atoms with Gasteiger partial charge < -0.3 is 9.47 Å². The minimum atomic E-state index is -3.86. The molecule has 6 nitrogen and oxygen atoms in total. The number of ether oxygens (including phenoxy) is 2. The Morgan fingerprint density at radius 3 is 2.70 bits per heavy atom. The molecule has 1 aromatic rings. The van der Waals surface area contributed by atoms with E-state index in [4.69, 9.17) is 14.6 Å². The smallest absolute Gasteiger partial charge is 0.309 e. The fourth-order valence-electron chi connectivity index (χ4n) is 2.22. The van der Waals surface area contributed by atoms with Crippen molar-refractivity contribution >= 4 is 16.0 Å². The monoisotopic (exact) mass is 299 g/mol. The molecule has 0 aliphatic heterocycles. The highest BCUT2D eigenvalue weighted by atomic mass is 32.2. The predicted molar refractivity (Wildman–Crippen MR) is 71.8 cm³/mol. The third kappa shape index (κ3) is 2.94. The van der Waals surface area contributed by atoms with E-state index in [1.54, 1.807) is 19.1 Å². The number of rotatable bonds is 5. The molecule has 0 radical (unpaired) electrons. The second kappa shape index (κ2) is 5.41. The fraction of sp³-hybridized carbons (Fsp3) is 0.462. The number of primary sulfonamides is 1. The van der Waals surface area contributed by atoms with Crippen molar-refractivity contribution < 1.29 is 22.7 Å². The van der Waals surface area contributed by atoms with Crippen molar-refractivity contribution in [2.45, 2.75) is 24.2 Å². The highest BCUT2D eigenvalue weighted by molar-refractivity contribution is 7.89. The number of methoxy groups -OCH3 is 1. The summed E-state index contributed by atoms with van der Waals surface area (Å²) >= 11 is 0. The third-order valence-corrected chi connectivity index (χ3v) is 4.23. The van der Waals surface area contributed by atoms with Crippen molar-refractivity contribution in [3.63, 3.8) is 0 Å². The van der Waals surface area contributed by atoms with Crippen molar-refractivity contribution in [3.8, 4) is 5.75 Å². The predicted octanol–water partition coefficient (Wildman–Crippen LogP) is 1.01. The first-order chi connectivity index (χ1) is 9.38. The van der Waals surface area contributed by atoms with Crippen molar-refractivity contribution in [1.82, 2.24) is 0 Å². The average Bonchev–Trinajstić information content (AvgIpc) is 3.17. The van der Waals surface area contributed by atoms with Gasteiger partial charge in [0.15, 0.2) is 0 Å². The Morgan fingerprint density at radius 1 is 1.45 bits per heavy atom. The lowest BCUT2D eigenvalue weighted by Gasteiger charge is -2.09. The standard InChI is InChI=1S/C13H17NO5S/c1-3-19-13(15)10-7-9(10)8-4-5-11(18-2)12(6-8)20(14,16)17/h4-6,9-10H,3,7H2,1-2H3,(H2,14,16,17). The molecule has 2 unspecified atom stereocenters. The van der Waals surface area contributed by atoms with E-state index in [1.807, 2.05) is 0 Å². The minimum absolute atomic E-state index is 0.0135. The molecular formula is C13H17NO5S. The number of esters is 1. The molecule has 1 aliphatic carbocycles. The second-order valence-electron chi connectivity index (χ2n) is 4.66. The summed E-state index contributed by atoms with van der Waals surface area (Å²) in [5.74, 6) is -0.257. The molecule has 20 heavy (non-hydrogen) atoms. The van der Waals surface area contributed by atoms with Crippen LogP contribution >= 0.6 is 0 Å². The van der Waals surface area contributed by atoms with E-state index in [0.29, 0.717) is 13.0 Å². The number of carbonyl (C=O) groups is 1. The van der Waals surface area contributed by atoms with Crippen LogP contribution in [0, 0.1) is 5.92 Å². The Labute approximate surface area is 117 Å². The Hall–Kier alpha value is -1.60. The summed E-state index contributed by atoms with van der Waals surface area (Å²) in [6, 6.07) is 4.77. The number of benzene rings is 1. The molecule has 7 heteroatoms. The van der Waals surface area contributed by atoms with Gasteiger partial charge in [-0.25, -0.2) is 13.6 Å². The molecule has 0 aromatic heterocycles. The summed E-state index contributed by atoms with van der Waals surface area (Å²) in [5.41, 5.74) is 0.757. The van der Waals surface area contributed by atoms with Gasteiger partial charge in [0.05, 0.1) is 19.6 Å². The Kier molecular flexibility index (Phi) is 4.01. The topological polar surface area (TPSA) is 95.7 Å². The first-order valence-corrected chi connectivity index (χ1v) is 7.80. The van der Waals surface area contributed by atoms with Crippen LogP contribution in [-0.4, -0.2) is 28.1 Å². The van der Waals surface area contributed by atoms with Crippen molar-refractivity contribution in [2.75, 3.05) is 13.7 Å². The van der Waals surface area contributed by atoms with E-state index in [-0.39, 0.29) is 28.5 Å². The SMILES string of the molecule is CCOC(=O)C1CC1c1ccc(OC)c(S(N)(=O)=O)c1. The van der Waals surface area contributed by atoms with Gasteiger partial charge in [0, 0.05) is 0 Å². The molecule has 0 spiro atoms. The molecule has 110 valence electrons. The summed E-state index contributed by atoms with van der Waals surface area (Å²) in [5, 5.41) is 5.17. The van der Waals surface area contributed by atoms with Gasteiger partial charge in [-0.2, -0.15) is 0 Å². The van der Waals surface area contributed by atoms with Gasteiger partial charge in [-0.1, -0.05) is 6.07 Å². The maximum absolute atomic E-state index is 11.6. The van der Waals surface area contributed by atoms with E-state index in [0.717, 1.165) is 5.56 Å². The molecule has 1 aromatic carbocycles. The Bertz CT molecular complexity index is 626. The Morgan fingerprint density at radius 2 is 2.15 bits per heavy atom. The van der Waals surface area contributed by atoms with Crippen molar-refractivity contribution in [1.29, 1.82) is 0 Å². The number of nitrogens with two attached hydrogens (primary N) is 1. The molecule has 0 bridgehead atoms. The lowest BCUT2D eigenvalue weighted by atomic mass is 10.1. The maximum atomic E-state index is 11.6. The van der Waals surface area contributed by atoms with Crippen LogP contribution in [0.15, 0.2) is 23.1 Å². The normalized spacial score (nSPS) is 21.4. The average molecular weight is 299 g/mol. The molecule has 2 atom stereocenters. The molecule has 1 fully saturated rings. The van der Waals surface area contributed by atoms with E-state index >= 15 is 0 Å². The quantitative estimate of drug-likeness (QED) is 0.819. The Balaban J connectivity index is 2.26. The van der Waals surface area contributed by atoms with Crippen LogP contribution in [0.5, 0.6) is 5.75 Å². The van der Waals surface area contributed by atoms with Gasteiger partial charge in [-0.05, 0) is 37.0 Å². The summed E-state index contributed by atoms with van der Waals surface area (Å²) in [4.78, 5) is 11.5. The van der Waals surface area contributed by atoms with E-state index < -0.39 is 10.0 Å². The molecule has 2 rings (SSSR count). The van der Waals surface area contributed by atoms with Gasteiger partial charge in [0.25, 0.3) is 0 Å². The highest BCUT2D eigenvalue weighted by Crippen LogP contribution is 2.49. The van der Waals surface area contributed by atoms with Crippen LogP contribution in [0.25, 0.3) is 0 Å². The van der Waals surface area contributed by atoms with E-state index in [9.17, 15) is 13.2 Å². The first-order valence-electron chi connectivity index (χ1n) is 6.25. The molecule has 0 saturated heterocycles. The van der Waals surface area contributed by atoms with Crippen LogP contribution in [0.4, 0.5) is 0 Å². The maximum Gasteiger partial charge on any atom is 0.309 e. The fourth-order valence-corrected chi connectivity index (χ4v) is 2.95. The number of carbonyl (C=O) groups excluding carboxylic acids is 1. The number of sulfonamides is 1. The molecule has 0 heterocycles. The first kappa shape index (κ1) is 14.8. The third-order valence-electron chi connectivity index (χ3n) is 3.30. The van der Waals surface area contributed by atoms with Crippen LogP contribution in [0.1, 0.15) is 24.8 Å². The summed E-state index contributed by atoms with van der Waals surface area (Å²) in [6.45, 7) is 2.09. The summed E-state index contributed by atoms with van der Waals surface area (Å²) in [6.07, 6.45) is 0.662. The molecule has 2 N–H and O–H groups in total. The number of hydrogen-bond acceptors (Lipinski definition) is 5. The van der Waals surface area contributed by atoms with Crippen LogP contribution < -0.4 is 9.88 Å². The molecule has 1 saturated carbocycles. The van der Waals surface area contributed by atoms with Gasteiger partial charge in [-0.15, -0.1) is 0 Å². The summed E-state index contributed by atoms with van der Waals surface area (Å²) < 4.78 is 33.0. The molecule has 1 aliphatic rings. The second-order valence-corrected chi connectivity index (χ2v) is 6.19. The largest absolute Gasteiger partial charge is 0.495 e. The molecule has 0 amide bonds. The zero-order valence-corrected chi connectivity index (χ0v) is 12.1. The lowest BCUT2D eigenvalue weighted by Crippen LogP contribution is -2.14. The van der Waals surface area contributed by atoms with Gasteiger partial charge in [0.2, 0.25) is 10.0 Å². The van der Waals surface area contributed by atoms with Crippen molar-refractivity contribution in [3.05, 3.63) is 23.8 Å². The van der Waals surface area contributed by atoms with Crippen molar-refractivity contribution in [2.24, 2.45) is 11.1 Å². The van der Waals surface area contributed by atoms with Crippen LogP contribution in [0.2, 0.25) is 0 Å². The minimum Gasteiger partial charge on any atom is -0.495 e.